The number of carbonyl (C=O) groups excluding carboxylic acids is 1. The molecule has 21 heavy (non-hydrogen) atoms. The van der Waals surface area contributed by atoms with Gasteiger partial charge in [0, 0.05) is 0 Å². The average molecular weight is 277 g/mol. The van der Waals surface area contributed by atoms with Crippen LogP contribution < -0.4 is 0 Å². The van der Waals surface area contributed by atoms with Crippen LogP contribution in [-0.4, -0.2) is 5.97 Å². The molecule has 0 saturated carbocycles. The maximum atomic E-state index is 11.9. The second kappa shape index (κ2) is 7.06. The van der Waals surface area contributed by atoms with Gasteiger partial charge in [0.25, 0.3) is 0 Å². The molecule has 2 aromatic rings. The monoisotopic (exact) mass is 277 g/mol. The molecule has 0 heterocycles. The summed E-state index contributed by atoms with van der Waals surface area (Å²) < 4.78 is 5.16. The maximum Gasteiger partial charge on any atom is 0.349 e. The molecule has 0 bridgehead atoms. The summed E-state index contributed by atoms with van der Waals surface area (Å²) in [6.07, 6.45) is 1.53. The number of esters is 1. The Morgan fingerprint density at radius 2 is 1.81 bits per heavy atom. The highest BCUT2D eigenvalue weighted by Crippen LogP contribution is 2.10. The second-order valence-electron chi connectivity index (χ2n) is 4.64. The summed E-state index contributed by atoms with van der Waals surface area (Å²) in [7, 11) is 0. The third-order valence-electron chi connectivity index (χ3n) is 2.94. The van der Waals surface area contributed by atoms with Crippen LogP contribution in [0.1, 0.15) is 16.7 Å². The van der Waals surface area contributed by atoms with Gasteiger partial charge in [-0.15, -0.1) is 0 Å². The molecule has 0 aliphatic carbocycles. The van der Waals surface area contributed by atoms with Crippen molar-refractivity contribution in [2.75, 3.05) is 0 Å². The first kappa shape index (κ1) is 14.5. The number of nitriles is 1. The molecule has 3 nitrogen and oxygen atoms in total. The maximum absolute atomic E-state index is 11.9. The molecule has 0 unspecified atom stereocenters. The SMILES string of the molecule is Cc1ccc(COC(=O)/C(C#N)=C/c2ccccc2)cc1. The summed E-state index contributed by atoms with van der Waals surface area (Å²) in [6.45, 7) is 2.15. The van der Waals surface area contributed by atoms with E-state index < -0.39 is 5.97 Å². The number of aryl methyl sites for hydroxylation is 1. The zero-order valence-electron chi connectivity index (χ0n) is 11.7. The molecule has 0 saturated heterocycles. The van der Waals surface area contributed by atoms with Crippen molar-refractivity contribution in [3.8, 4) is 6.07 Å². The van der Waals surface area contributed by atoms with Crippen LogP contribution in [0.15, 0.2) is 60.2 Å². The third-order valence-corrected chi connectivity index (χ3v) is 2.94. The molecular formula is C18H15NO2. The Hall–Kier alpha value is -2.86. The third kappa shape index (κ3) is 4.32. The fourth-order valence-electron chi connectivity index (χ4n) is 1.76. The van der Waals surface area contributed by atoms with E-state index in [9.17, 15) is 4.79 Å². The first-order chi connectivity index (χ1) is 10.2. The number of ether oxygens (including phenoxy) is 1. The van der Waals surface area contributed by atoms with Gasteiger partial charge in [0.2, 0.25) is 0 Å². The van der Waals surface area contributed by atoms with Gasteiger partial charge in [-0.05, 0) is 24.1 Å². The van der Waals surface area contributed by atoms with E-state index >= 15 is 0 Å². The zero-order chi connectivity index (χ0) is 15.1. The molecule has 0 N–H and O–H groups in total. The van der Waals surface area contributed by atoms with Crippen molar-refractivity contribution in [1.82, 2.24) is 0 Å². The van der Waals surface area contributed by atoms with Gasteiger partial charge >= 0.3 is 5.97 Å². The Bertz CT molecular complexity index is 679. The van der Waals surface area contributed by atoms with Crippen molar-refractivity contribution in [2.24, 2.45) is 0 Å². The van der Waals surface area contributed by atoms with Crippen molar-refractivity contribution in [1.29, 1.82) is 5.26 Å². The quantitative estimate of drug-likeness (QED) is 0.487. The van der Waals surface area contributed by atoms with E-state index in [-0.39, 0.29) is 12.2 Å². The molecule has 0 radical (unpaired) electrons. The number of carbonyl (C=O) groups is 1. The van der Waals surface area contributed by atoms with E-state index in [0.717, 1.165) is 16.7 Å². The zero-order valence-corrected chi connectivity index (χ0v) is 11.7. The minimum absolute atomic E-state index is 0.00619. The largest absolute Gasteiger partial charge is 0.457 e. The molecule has 2 rings (SSSR count). The molecule has 0 aliphatic heterocycles. The van der Waals surface area contributed by atoms with Crippen LogP contribution >= 0.6 is 0 Å². The molecule has 0 atom stereocenters. The molecule has 0 fully saturated rings. The topological polar surface area (TPSA) is 50.1 Å². The number of hydrogen-bond donors (Lipinski definition) is 0. The van der Waals surface area contributed by atoms with Gasteiger partial charge in [-0.1, -0.05) is 60.2 Å². The van der Waals surface area contributed by atoms with E-state index in [2.05, 4.69) is 0 Å². The van der Waals surface area contributed by atoms with Gasteiger partial charge in [0.1, 0.15) is 18.2 Å². The molecule has 0 spiro atoms. The minimum atomic E-state index is -0.609. The molecular weight excluding hydrogens is 262 g/mol. The minimum Gasteiger partial charge on any atom is -0.457 e. The molecule has 2 aromatic carbocycles. The van der Waals surface area contributed by atoms with E-state index in [0.29, 0.717) is 0 Å². The standard InChI is InChI=1S/C18H15NO2/c1-14-7-9-16(10-8-14)13-21-18(20)17(12-19)11-15-5-3-2-4-6-15/h2-11H,13H2,1H3/b17-11+. The predicted octanol–water partition coefficient (Wildman–Crippen LogP) is 3.65. The van der Waals surface area contributed by atoms with Gasteiger partial charge in [-0.2, -0.15) is 5.26 Å². The highest BCUT2D eigenvalue weighted by atomic mass is 16.5. The van der Waals surface area contributed by atoms with Crippen LogP contribution in [-0.2, 0) is 16.1 Å². The number of nitrogens with zero attached hydrogens (tertiary/aromatic N) is 1. The van der Waals surface area contributed by atoms with Crippen LogP contribution in [0.5, 0.6) is 0 Å². The fraction of sp³-hybridized carbons (Fsp3) is 0.111. The summed E-state index contributed by atoms with van der Waals surface area (Å²) in [6, 6.07) is 18.8. The number of benzene rings is 2. The first-order valence-electron chi connectivity index (χ1n) is 6.58. The summed E-state index contributed by atoms with van der Waals surface area (Å²) in [5, 5.41) is 9.07. The summed E-state index contributed by atoms with van der Waals surface area (Å²) in [5.74, 6) is -0.609. The predicted molar refractivity (Wildman–Crippen MR) is 81.0 cm³/mol. The van der Waals surface area contributed by atoms with Crippen LogP contribution in [0.4, 0.5) is 0 Å². The Balaban J connectivity index is 2.03. The van der Waals surface area contributed by atoms with E-state index in [1.165, 1.54) is 6.08 Å². The highest BCUT2D eigenvalue weighted by molar-refractivity contribution is 5.97. The lowest BCUT2D eigenvalue weighted by Gasteiger charge is -2.04. The van der Waals surface area contributed by atoms with Crippen LogP contribution in [0.3, 0.4) is 0 Å². The van der Waals surface area contributed by atoms with Crippen molar-refractivity contribution in [3.63, 3.8) is 0 Å². The van der Waals surface area contributed by atoms with Crippen LogP contribution in [0, 0.1) is 18.3 Å². The van der Waals surface area contributed by atoms with Gasteiger partial charge in [0.15, 0.2) is 0 Å². The normalized spacial score (nSPS) is 10.8. The summed E-state index contributed by atoms with van der Waals surface area (Å²) in [5.41, 5.74) is 2.83. The van der Waals surface area contributed by atoms with Crippen LogP contribution in [0.2, 0.25) is 0 Å². The van der Waals surface area contributed by atoms with Crippen molar-refractivity contribution in [3.05, 3.63) is 76.9 Å². The number of rotatable bonds is 4. The van der Waals surface area contributed by atoms with Gasteiger partial charge in [-0.25, -0.2) is 4.79 Å². The lowest BCUT2D eigenvalue weighted by molar-refractivity contribution is -0.139. The fourth-order valence-corrected chi connectivity index (χ4v) is 1.76. The van der Waals surface area contributed by atoms with E-state index in [1.54, 1.807) is 0 Å². The average Bonchev–Trinajstić information content (AvgIpc) is 2.52. The molecule has 0 aromatic heterocycles. The van der Waals surface area contributed by atoms with Crippen molar-refractivity contribution < 1.29 is 9.53 Å². The molecule has 3 heteroatoms. The van der Waals surface area contributed by atoms with Crippen LogP contribution in [0.25, 0.3) is 6.08 Å². The smallest absolute Gasteiger partial charge is 0.349 e. The van der Waals surface area contributed by atoms with E-state index in [4.69, 9.17) is 10.00 Å². The Morgan fingerprint density at radius 3 is 2.43 bits per heavy atom. The summed E-state index contributed by atoms with van der Waals surface area (Å²) >= 11 is 0. The Kier molecular flexibility index (Phi) is 4.89. The van der Waals surface area contributed by atoms with Crippen molar-refractivity contribution in [2.45, 2.75) is 13.5 Å². The Morgan fingerprint density at radius 1 is 1.14 bits per heavy atom. The van der Waals surface area contributed by atoms with E-state index in [1.807, 2.05) is 67.6 Å². The second-order valence-corrected chi connectivity index (χ2v) is 4.64. The Labute approximate surface area is 124 Å². The summed E-state index contributed by atoms with van der Waals surface area (Å²) in [4.78, 5) is 11.9. The lowest BCUT2D eigenvalue weighted by Crippen LogP contribution is -2.06. The molecule has 0 aliphatic rings. The van der Waals surface area contributed by atoms with Gasteiger partial charge < -0.3 is 4.74 Å². The van der Waals surface area contributed by atoms with Gasteiger partial charge in [-0.3, -0.25) is 0 Å². The molecule has 0 amide bonds. The molecule has 104 valence electrons. The highest BCUT2D eigenvalue weighted by Gasteiger charge is 2.10. The first-order valence-corrected chi connectivity index (χ1v) is 6.58. The van der Waals surface area contributed by atoms with Gasteiger partial charge in [0.05, 0.1) is 0 Å². The van der Waals surface area contributed by atoms with Crippen molar-refractivity contribution >= 4 is 12.0 Å². The number of hydrogen-bond acceptors (Lipinski definition) is 3. The lowest BCUT2D eigenvalue weighted by atomic mass is 10.1.